The van der Waals surface area contributed by atoms with Crippen molar-refractivity contribution in [1.82, 2.24) is 15.0 Å². The molecule has 0 saturated heterocycles. The molecule has 0 bridgehead atoms. The summed E-state index contributed by atoms with van der Waals surface area (Å²) in [7, 11) is 0. The van der Waals surface area contributed by atoms with Crippen molar-refractivity contribution in [2.24, 2.45) is 0 Å². The van der Waals surface area contributed by atoms with Crippen molar-refractivity contribution < 1.29 is 0 Å². The largest absolute Gasteiger partial charge is 0.238 e. The molecule has 0 fully saturated rings. The molecule has 2 aliphatic rings. The molecular formula is C55H32N4. The van der Waals surface area contributed by atoms with Gasteiger partial charge in [0.25, 0.3) is 0 Å². The molecule has 59 heavy (non-hydrogen) atoms. The van der Waals surface area contributed by atoms with Gasteiger partial charge < -0.3 is 0 Å². The van der Waals surface area contributed by atoms with Gasteiger partial charge >= 0.3 is 0 Å². The molecule has 272 valence electrons. The van der Waals surface area contributed by atoms with Crippen LogP contribution in [0, 0.1) is 6.57 Å². The number of fused-ring (bicyclic) bond motifs is 12. The molecule has 0 atom stereocenters. The van der Waals surface area contributed by atoms with E-state index >= 15 is 0 Å². The van der Waals surface area contributed by atoms with Gasteiger partial charge in [0, 0.05) is 16.7 Å². The Morgan fingerprint density at radius 3 is 1.32 bits per heavy atom. The molecule has 4 nitrogen and oxygen atoms in total. The van der Waals surface area contributed by atoms with E-state index in [1.54, 1.807) is 0 Å². The van der Waals surface area contributed by atoms with Crippen LogP contribution in [0.2, 0.25) is 0 Å². The van der Waals surface area contributed by atoms with Crippen molar-refractivity contribution >= 4 is 27.2 Å². The van der Waals surface area contributed by atoms with Gasteiger partial charge in [0.1, 0.15) is 0 Å². The van der Waals surface area contributed by atoms with Crippen LogP contribution in [0.15, 0.2) is 194 Å². The highest BCUT2D eigenvalue weighted by molar-refractivity contribution is 5.97. The first-order valence-electron chi connectivity index (χ1n) is 19.9. The van der Waals surface area contributed by atoms with Crippen LogP contribution in [0.4, 0.5) is 5.69 Å². The molecule has 12 rings (SSSR count). The maximum Gasteiger partial charge on any atom is 0.187 e. The Morgan fingerprint density at radius 2 is 0.746 bits per heavy atom. The smallest absolute Gasteiger partial charge is 0.187 e. The highest BCUT2D eigenvalue weighted by Gasteiger charge is 2.51. The summed E-state index contributed by atoms with van der Waals surface area (Å²) in [6.45, 7) is 7.89. The third-order valence-corrected chi connectivity index (χ3v) is 12.3. The van der Waals surface area contributed by atoms with Gasteiger partial charge in [0.2, 0.25) is 0 Å². The van der Waals surface area contributed by atoms with E-state index in [9.17, 15) is 0 Å². The van der Waals surface area contributed by atoms with Gasteiger partial charge in [-0.3, -0.25) is 0 Å². The summed E-state index contributed by atoms with van der Waals surface area (Å²) < 4.78 is 0. The van der Waals surface area contributed by atoms with Gasteiger partial charge in [0.05, 0.1) is 12.0 Å². The molecule has 0 radical (unpaired) electrons. The zero-order valence-corrected chi connectivity index (χ0v) is 31.8. The van der Waals surface area contributed by atoms with Crippen molar-refractivity contribution in [1.29, 1.82) is 0 Å². The highest BCUT2D eigenvalue weighted by Crippen LogP contribution is 2.63. The van der Waals surface area contributed by atoms with E-state index in [1.807, 2.05) is 6.07 Å². The van der Waals surface area contributed by atoms with E-state index in [2.05, 4.69) is 193 Å². The Hall–Kier alpha value is -8.00. The lowest BCUT2D eigenvalue weighted by Gasteiger charge is -2.30. The summed E-state index contributed by atoms with van der Waals surface area (Å²) >= 11 is 0. The maximum atomic E-state index is 7.89. The minimum atomic E-state index is -0.453. The molecule has 0 amide bonds. The van der Waals surface area contributed by atoms with Gasteiger partial charge in [0.15, 0.2) is 23.2 Å². The topological polar surface area (TPSA) is 43.0 Å². The van der Waals surface area contributed by atoms with Gasteiger partial charge in [-0.1, -0.05) is 170 Å². The Bertz CT molecular complexity index is 3270. The second-order valence-corrected chi connectivity index (χ2v) is 15.5. The van der Waals surface area contributed by atoms with E-state index in [1.165, 1.54) is 44.2 Å². The molecular weight excluding hydrogens is 717 g/mol. The summed E-state index contributed by atoms with van der Waals surface area (Å²) in [6.07, 6.45) is 0. The molecule has 1 aromatic heterocycles. The van der Waals surface area contributed by atoms with Crippen LogP contribution in [0.5, 0.6) is 0 Å². The molecule has 0 unspecified atom stereocenters. The monoisotopic (exact) mass is 748 g/mol. The van der Waals surface area contributed by atoms with E-state index in [0.29, 0.717) is 23.2 Å². The standard InChI is InChI=1S/C55H32N4/c1-56-43-27-29-51-47(33-43)46-32-40(26-28-50(46)55(51)48-16-8-6-14-44(48)45-15-7-9-17-49(45)55)36-18-22-37(23-19-36)52-57-53(41-24-20-34-10-2-4-12-38(34)30-41)59-54(58-52)42-25-21-35-11-3-5-13-39(35)31-42/h2-33H. The fraction of sp³-hybridized carbons (Fsp3) is 0.0182. The lowest BCUT2D eigenvalue weighted by molar-refractivity contribution is 0.794. The Kier molecular flexibility index (Phi) is 7.17. The van der Waals surface area contributed by atoms with Crippen LogP contribution in [0.1, 0.15) is 22.3 Å². The molecule has 0 N–H and O–H groups in total. The number of hydrogen-bond donors (Lipinski definition) is 0. The summed E-state index contributed by atoms with van der Waals surface area (Å²) in [4.78, 5) is 19.1. The highest BCUT2D eigenvalue weighted by atomic mass is 15.0. The number of rotatable bonds is 4. The van der Waals surface area contributed by atoms with E-state index < -0.39 is 5.41 Å². The van der Waals surface area contributed by atoms with E-state index in [-0.39, 0.29) is 0 Å². The molecule has 0 saturated carbocycles. The number of benzene rings is 9. The van der Waals surface area contributed by atoms with Crippen molar-refractivity contribution in [2.45, 2.75) is 5.41 Å². The van der Waals surface area contributed by atoms with Gasteiger partial charge in [-0.15, -0.1) is 0 Å². The van der Waals surface area contributed by atoms with Crippen molar-refractivity contribution in [3.63, 3.8) is 0 Å². The van der Waals surface area contributed by atoms with Crippen LogP contribution in [0.3, 0.4) is 0 Å². The fourth-order valence-corrected chi connectivity index (χ4v) is 9.62. The summed E-state index contributed by atoms with van der Waals surface area (Å²) in [5, 5.41) is 4.62. The number of nitrogens with zero attached hydrogens (tertiary/aromatic N) is 4. The molecule has 1 spiro atoms. The molecule has 10 aromatic rings. The lowest BCUT2D eigenvalue weighted by Crippen LogP contribution is -2.25. The Labute approximate surface area is 341 Å². The molecule has 2 aliphatic carbocycles. The van der Waals surface area contributed by atoms with Crippen LogP contribution in [-0.2, 0) is 5.41 Å². The van der Waals surface area contributed by atoms with Gasteiger partial charge in [-0.05, 0) is 101 Å². The van der Waals surface area contributed by atoms with E-state index in [0.717, 1.165) is 49.7 Å². The third kappa shape index (κ3) is 4.99. The van der Waals surface area contributed by atoms with Gasteiger partial charge in [-0.25, -0.2) is 19.8 Å². The maximum absolute atomic E-state index is 7.89. The van der Waals surface area contributed by atoms with Crippen LogP contribution in [0.25, 0.3) is 93.9 Å². The Morgan fingerprint density at radius 1 is 0.322 bits per heavy atom. The summed E-state index contributed by atoms with van der Waals surface area (Å²) in [5.41, 5.74) is 15.0. The predicted molar refractivity (Wildman–Crippen MR) is 239 cm³/mol. The van der Waals surface area contributed by atoms with Crippen molar-refractivity contribution in [3.05, 3.63) is 228 Å². The lowest BCUT2D eigenvalue weighted by atomic mass is 9.70. The minimum absolute atomic E-state index is 0.453. The van der Waals surface area contributed by atoms with Crippen LogP contribution in [-0.4, -0.2) is 15.0 Å². The zero-order chi connectivity index (χ0) is 39.1. The van der Waals surface area contributed by atoms with E-state index in [4.69, 9.17) is 21.5 Å². The first-order chi connectivity index (χ1) is 29.2. The average Bonchev–Trinajstić information content (AvgIpc) is 3.77. The molecule has 9 aromatic carbocycles. The Balaban J connectivity index is 0.980. The summed E-state index contributed by atoms with van der Waals surface area (Å²) in [5.74, 6) is 1.88. The first kappa shape index (κ1) is 33.2. The van der Waals surface area contributed by atoms with Crippen LogP contribution >= 0.6 is 0 Å². The molecule has 4 heteroatoms. The second-order valence-electron chi connectivity index (χ2n) is 15.5. The van der Waals surface area contributed by atoms with Crippen molar-refractivity contribution in [2.75, 3.05) is 0 Å². The molecule has 0 aliphatic heterocycles. The predicted octanol–water partition coefficient (Wildman–Crippen LogP) is 13.7. The van der Waals surface area contributed by atoms with Gasteiger partial charge in [-0.2, -0.15) is 0 Å². The van der Waals surface area contributed by atoms with Crippen molar-refractivity contribution in [3.8, 4) is 67.5 Å². The average molecular weight is 749 g/mol. The number of hydrogen-bond acceptors (Lipinski definition) is 3. The minimum Gasteiger partial charge on any atom is -0.238 e. The zero-order valence-electron chi connectivity index (χ0n) is 31.8. The third-order valence-electron chi connectivity index (χ3n) is 12.3. The first-order valence-corrected chi connectivity index (χ1v) is 19.9. The second kappa shape index (κ2) is 12.8. The van der Waals surface area contributed by atoms with Crippen LogP contribution < -0.4 is 0 Å². The normalized spacial score (nSPS) is 12.9. The fourth-order valence-electron chi connectivity index (χ4n) is 9.62. The summed E-state index contributed by atoms with van der Waals surface area (Å²) in [6, 6.07) is 68.7. The quantitative estimate of drug-likeness (QED) is 0.168. The SMILES string of the molecule is [C-]#[N+]c1ccc2c(c1)-c1cc(-c3ccc(-c4nc(-c5ccc6ccccc6c5)nc(-c5ccc6ccccc6c5)n4)cc3)ccc1C21c2ccccc2-c2ccccc21. The molecule has 1 heterocycles. The number of aromatic nitrogens is 3.